The molecule has 0 saturated carbocycles. The summed E-state index contributed by atoms with van der Waals surface area (Å²) in [6.45, 7) is 0. The van der Waals surface area contributed by atoms with Crippen molar-refractivity contribution in [3.63, 3.8) is 0 Å². The van der Waals surface area contributed by atoms with Crippen LogP contribution in [0.25, 0.3) is 0 Å². The van der Waals surface area contributed by atoms with Crippen molar-refractivity contribution in [3.8, 4) is 5.88 Å². The first kappa shape index (κ1) is 13.8. The summed E-state index contributed by atoms with van der Waals surface area (Å²) >= 11 is 0. The molecule has 0 aliphatic rings. The molecule has 0 fully saturated rings. The smallest absolute Gasteiger partial charge is 0.288 e. The zero-order valence-electron chi connectivity index (χ0n) is 9.31. The molecule has 4 N–H and O–H groups in total. The molecule has 0 aromatic carbocycles. The summed E-state index contributed by atoms with van der Waals surface area (Å²) in [6.07, 6.45) is -2.75. The van der Waals surface area contributed by atoms with E-state index in [-0.39, 0.29) is 11.4 Å². The summed E-state index contributed by atoms with van der Waals surface area (Å²) in [5.41, 5.74) is 4.21. The van der Waals surface area contributed by atoms with Gasteiger partial charge >= 0.3 is 0 Å². The lowest BCUT2D eigenvalue weighted by Gasteiger charge is -2.16. The zero-order valence-corrected chi connectivity index (χ0v) is 9.31. The maximum Gasteiger partial charge on any atom is 0.288 e. The first-order chi connectivity index (χ1) is 8.38. The maximum atomic E-state index is 10.7. The van der Waals surface area contributed by atoms with Crippen LogP contribution in [0.1, 0.15) is 11.7 Å². The van der Waals surface area contributed by atoms with Crippen molar-refractivity contribution in [2.24, 2.45) is 5.73 Å². The Bertz CT molecular complexity index is 477. The Morgan fingerprint density at radius 3 is 2.67 bits per heavy atom. The first-order valence-electron chi connectivity index (χ1n) is 4.72. The van der Waals surface area contributed by atoms with Gasteiger partial charge in [0.05, 0.1) is 17.6 Å². The van der Waals surface area contributed by atoms with E-state index in [1.54, 1.807) is 0 Å². The molecule has 0 spiro atoms. The second-order valence-corrected chi connectivity index (χ2v) is 3.34. The molecule has 1 aromatic rings. The van der Waals surface area contributed by atoms with Crippen molar-refractivity contribution in [3.05, 3.63) is 27.9 Å². The van der Waals surface area contributed by atoms with Crippen molar-refractivity contribution in [1.29, 1.82) is 0 Å². The van der Waals surface area contributed by atoms with Crippen molar-refractivity contribution >= 4 is 11.6 Å². The van der Waals surface area contributed by atoms with Gasteiger partial charge in [-0.1, -0.05) is 0 Å². The Labute approximate surface area is 101 Å². The van der Waals surface area contributed by atoms with Crippen molar-refractivity contribution < 1.29 is 24.7 Å². The molecular formula is C9H11N3O6. The van der Waals surface area contributed by atoms with Crippen LogP contribution in [0.15, 0.2) is 12.3 Å². The molecule has 0 bridgehead atoms. The van der Waals surface area contributed by atoms with Gasteiger partial charge in [0, 0.05) is 6.07 Å². The van der Waals surface area contributed by atoms with Crippen LogP contribution in [0.3, 0.4) is 0 Å². The van der Waals surface area contributed by atoms with Crippen LogP contribution in [0.2, 0.25) is 0 Å². The number of ether oxygens (including phenoxy) is 1. The molecule has 0 aliphatic carbocycles. The predicted molar refractivity (Wildman–Crippen MR) is 57.6 cm³/mol. The fourth-order valence-electron chi connectivity index (χ4n) is 1.27. The van der Waals surface area contributed by atoms with Gasteiger partial charge in [0.25, 0.3) is 5.69 Å². The highest BCUT2D eigenvalue weighted by Gasteiger charge is 2.28. The number of aliphatic hydroxyl groups excluding tert-OH is 2. The molecule has 1 amide bonds. The van der Waals surface area contributed by atoms with Crippen molar-refractivity contribution in [1.82, 2.24) is 4.98 Å². The van der Waals surface area contributed by atoms with E-state index in [4.69, 9.17) is 10.5 Å². The lowest BCUT2D eigenvalue weighted by molar-refractivity contribution is -0.385. The van der Waals surface area contributed by atoms with Crippen LogP contribution >= 0.6 is 0 Å². The molecule has 2 unspecified atom stereocenters. The topological polar surface area (TPSA) is 149 Å². The molecule has 9 nitrogen and oxygen atoms in total. The number of rotatable bonds is 5. The number of nitro groups is 1. The van der Waals surface area contributed by atoms with Gasteiger partial charge in [-0.05, 0) is 0 Å². The molecule has 98 valence electrons. The van der Waals surface area contributed by atoms with E-state index < -0.39 is 28.7 Å². The maximum absolute atomic E-state index is 10.7. The van der Waals surface area contributed by atoms with Gasteiger partial charge in [0.1, 0.15) is 12.3 Å². The third-order valence-electron chi connectivity index (χ3n) is 2.18. The summed E-state index contributed by atoms with van der Waals surface area (Å²) in [4.78, 5) is 24.2. The molecule has 9 heteroatoms. The number of carbonyl (C=O) groups excluding carboxylic acids is 1. The largest absolute Gasteiger partial charge is 0.481 e. The van der Waals surface area contributed by atoms with Gasteiger partial charge in [0.15, 0.2) is 6.10 Å². The number of methoxy groups -OCH3 is 1. The highest BCUT2D eigenvalue weighted by molar-refractivity contribution is 5.79. The first-order valence-corrected chi connectivity index (χ1v) is 4.72. The molecule has 1 heterocycles. The molecule has 2 atom stereocenters. The molecule has 0 radical (unpaired) electrons. The number of nitrogens with two attached hydrogens (primary N) is 1. The van der Waals surface area contributed by atoms with E-state index in [9.17, 15) is 25.1 Å². The molecule has 0 saturated heterocycles. The minimum Gasteiger partial charge on any atom is -0.481 e. The van der Waals surface area contributed by atoms with E-state index >= 15 is 0 Å². The third kappa shape index (κ3) is 2.70. The number of carbonyl (C=O) groups is 1. The molecular weight excluding hydrogens is 246 g/mol. The lowest BCUT2D eigenvalue weighted by Crippen LogP contribution is -2.34. The minimum atomic E-state index is -1.91. The third-order valence-corrected chi connectivity index (χ3v) is 2.18. The van der Waals surface area contributed by atoms with E-state index in [1.807, 2.05) is 0 Å². The summed E-state index contributed by atoms with van der Waals surface area (Å²) in [6, 6.07) is 0.947. The van der Waals surface area contributed by atoms with Gasteiger partial charge in [-0.3, -0.25) is 14.9 Å². The Kier molecular flexibility index (Phi) is 4.13. The van der Waals surface area contributed by atoms with Gasteiger partial charge in [0.2, 0.25) is 11.8 Å². The quantitative estimate of drug-likeness (QED) is 0.446. The Balaban J connectivity index is 3.23. The van der Waals surface area contributed by atoms with Gasteiger partial charge in [-0.2, -0.15) is 0 Å². The van der Waals surface area contributed by atoms with Crippen LogP contribution in [0.5, 0.6) is 5.88 Å². The van der Waals surface area contributed by atoms with Crippen LogP contribution in [-0.2, 0) is 4.79 Å². The SMILES string of the molecule is COc1ncc([N+](=O)[O-])cc1C(O)C(O)C(N)=O. The van der Waals surface area contributed by atoms with Crippen LogP contribution in [0.4, 0.5) is 5.69 Å². The number of aromatic nitrogens is 1. The highest BCUT2D eigenvalue weighted by atomic mass is 16.6. The Morgan fingerprint density at radius 1 is 1.61 bits per heavy atom. The Hall–Kier alpha value is -2.26. The summed E-state index contributed by atoms with van der Waals surface area (Å²) in [7, 11) is 1.22. The number of pyridine rings is 1. The number of amides is 1. The lowest BCUT2D eigenvalue weighted by atomic mass is 10.1. The second-order valence-electron chi connectivity index (χ2n) is 3.34. The predicted octanol–water partition coefficient (Wildman–Crippen LogP) is -1.12. The number of hydrogen-bond donors (Lipinski definition) is 3. The summed E-state index contributed by atoms with van der Waals surface area (Å²) in [5, 5.41) is 29.6. The second kappa shape index (κ2) is 5.38. The molecule has 1 aromatic heterocycles. The highest BCUT2D eigenvalue weighted by Crippen LogP contribution is 2.28. The summed E-state index contributed by atoms with van der Waals surface area (Å²) < 4.78 is 4.77. The fraction of sp³-hybridized carbons (Fsp3) is 0.333. The number of primary amides is 1. The molecule has 18 heavy (non-hydrogen) atoms. The van der Waals surface area contributed by atoms with Crippen molar-refractivity contribution in [2.75, 3.05) is 7.11 Å². The number of aliphatic hydroxyl groups is 2. The minimum absolute atomic E-state index is 0.145. The van der Waals surface area contributed by atoms with E-state index in [0.717, 1.165) is 12.3 Å². The molecule has 0 aliphatic heterocycles. The average molecular weight is 257 g/mol. The van der Waals surface area contributed by atoms with Crippen LogP contribution in [-0.4, -0.2) is 39.2 Å². The van der Waals surface area contributed by atoms with E-state index in [2.05, 4.69) is 4.98 Å². The fourth-order valence-corrected chi connectivity index (χ4v) is 1.27. The molecule has 1 rings (SSSR count). The van der Waals surface area contributed by atoms with Crippen LogP contribution in [0, 0.1) is 10.1 Å². The number of nitrogens with zero attached hydrogens (tertiary/aromatic N) is 2. The average Bonchev–Trinajstić information content (AvgIpc) is 2.35. The van der Waals surface area contributed by atoms with E-state index in [1.165, 1.54) is 7.11 Å². The number of hydrogen-bond acceptors (Lipinski definition) is 7. The van der Waals surface area contributed by atoms with Crippen molar-refractivity contribution in [2.45, 2.75) is 12.2 Å². The van der Waals surface area contributed by atoms with Gasteiger partial charge in [-0.25, -0.2) is 4.98 Å². The normalized spacial score (nSPS) is 13.7. The standard InChI is InChI=1S/C9H11N3O6/c1-18-9-5(6(13)7(14)8(10)15)2-4(3-11-9)12(16)17/h2-3,6-7,13-14H,1H3,(H2,10,15). The Morgan fingerprint density at radius 2 is 2.22 bits per heavy atom. The monoisotopic (exact) mass is 257 g/mol. The van der Waals surface area contributed by atoms with Gasteiger partial charge in [-0.15, -0.1) is 0 Å². The van der Waals surface area contributed by atoms with E-state index in [0.29, 0.717) is 0 Å². The van der Waals surface area contributed by atoms with Crippen LogP contribution < -0.4 is 10.5 Å². The van der Waals surface area contributed by atoms with Gasteiger partial charge < -0.3 is 20.7 Å². The zero-order chi connectivity index (χ0) is 13.9. The summed E-state index contributed by atoms with van der Waals surface area (Å²) in [5.74, 6) is -1.32.